The van der Waals surface area contributed by atoms with Gasteiger partial charge in [-0.25, -0.2) is 0 Å². The first kappa shape index (κ1) is 26.8. The van der Waals surface area contributed by atoms with Crippen LogP contribution < -0.4 is 5.32 Å². The number of piperidine rings is 3. The normalized spacial score (nSPS) is 43.0. The Morgan fingerprint density at radius 3 is 2.59 bits per heavy atom. The molecule has 2 N–H and O–H groups in total. The third-order valence-corrected chi connectivity index (χ3v) is 13.9. The lowest BCUT2D eigenvalue weighted by Crippen LogP contribution is -2.59. The molecule has 3 aliphatic heterocycles. The van der Waals surface area contributed by atoms with Crippen LogP contribution in [0.4, 0.5) is 0 Å². The number of phenols is 1. The molecule has 39 heavy (non-hydrogen) atoms. The zero-order valence-electron chi connectivity index (χ0n) is 25.3. The van der Waals surface area contributed by atoms with Crippen molar-refractivity contribution in [1.29, 1.82) is 0 Å². The smallest absolute Gasteiger partial charge is 0.115 e. The quantitative estimate of drug-likeness (QED) is 0.428. The van der Waals surface area contributed by atoms with Gasteiger partial charge >= 0.3 is 0 Å². The highest BCUT2D eigenvalue weighted by Crippen LogP contribution is 2.62. The lowest BCUT2D eigenvalue weighted by Gasteiger charge is -2.60. The van der Waals surface area contributed by atoms with Crippen molar-refractivity contribution in [1.82, 2.24) is 15.1 Å². The highest BCUT2D eigenvalue weighted by atomic mass is 16.3. The maximum absolute atomic E-state index is 10.4. The maximum atomic E-state index is 10.4. The molecular weight excluding hydrogens is 478 g/mol. The molecule has 4 aliphatic carbocycles. The van der Waals surface area contributed by atoms with Crippen LogP contribution >= 0.6 is 0 Å². The van der Waals surface area contributed by atoms with Gasteiger partial charge < -0.3 is 15.3 Å². The van der Waals surface area contributed by atoms with Gasteiger partial charge in [-0.3, -0.25) is 4.90 Å². The predicted octanol–water partition coefficient (Wildman–Crippen LogP) is 6.35. The molecular formula is C35H55N3O. The number of rotatable bonds is 7. The molecule has 3 heterocycles. The molecule has 8 rings (SSSR count). The topological polar surface area (TPSA) is 38.7 Å². The first-order valence-corrected chi connectivity index (χ1v) is 16.8. The molecule has 1 aromatic rings. The van der Waals surface area contributed by atoms with E-state index in [2.05, 4.69) is 55.1 Å². The Morgan fingerprint density at radius 1 is 1.05 bits per heavy atom. The summed E-state index contributed by atoms with van der Waals surface area (Å²) in [5, 5.41) is 14.5. The summed E-state index contributed by atoms with van der Waals surface area (Å²) >= 11 is 0. The van der Waals surface area contributed by atoms with Crippen LogP contribution in [0, 0.1) is 29.1 Å². The standard InChI is InChI=1S/C35H55N3O/c1-23-33-18-25-9-11-30(39)22-32(25)35(23,14-17-37(33)4)13-15-36-27-20-28-6-5-7-29(21-27)38(28)16-12-24-8-10-26-19-31(24)34(26,2)3/h9,11,22-24,26-29,31,33,36,39H,5-8,10,12-21H2,1-4H3/t23-,24-,26-,27-,28+,29-,31-,33+,35-/m0/s1. The Kier molecular flexibility index (Phi) is 6.88. The summed E-state index contributed by atoms with van der Waals surface area (Å²) in [4.78, 5) is 5.59. The molecule has 0 spiro atoms. The predicted molar refractivity (Wildman–Crippen MR) is 160 cm³/mol. The van der Waals surface area contributed by atoms with Gasteiger partial charge in [0.05, 0.1) is 0 Å². The number of likely N-dealkylation sites (N-methyl/N-ethyl adjacent to an activating group) is 1. The number of nitrogens with zero attached hydrogens (tertiary/aromatic N) is 2. The number of hydrogen-bond donors (Lipinski definition) is 2. The van der Waals surface area contributed by atoms with Gasteiger partial charge in [0.15, 0.2) is 0 Å². The first-order valence-electron chi connectivity index (χ1n) is 16.8. The maximum Gasteiger partial charge on any atom is 0.115 e. The Hall–Kier alpha value is -1.10. The van der Waals surface area contributed by atoms with Gasteiger partial charge in [0.25, 0.3) is 0 Å². The van der Waals surface area contributed by atoms with E-state index in [9.17, 15) is 5.11 Å². The van der Waals surface area contributed by atoms with Gasteiger partial charge in [-0.2, -0.15) is 0 Å². The Labute approximate surface area is 238 Å². The number of aromatic hydroxyl groups is 1. The van der Waals surface area contributed by atoms with E-state index in [0.29, 0.717) is 29.2 Å². The largest absolute Gasteiger partial charge is 0.508 e. The minimum atomic E-state index is 0.196. The van der Waals surface area contributed by atoms with Crippen molar-refractivity contribution < 1.29 is 5.11 Å². The monoisotopic (exact) mass is 533 g/mol. The second-order valence-electron chi connectivity index (χ2n) is 15.6. The summed E-state index contributed by atoms with van der Waals surface area (Å²) in [6.07, 6.45) is 16.5. The Balaban J connectivity index is 0.979. The van der Waals surface area contributed by atoms with Gasteiger partial charge in [-0.05, 0) is 150 Å². The molecule has 3 saturated carbocycles. The molecule has 6 fully saturated rings. The number of phenolic OH excluding ortho intramolecular Hbond substituents is 1. The highest BCUT2D eigenvalue weighted by Gasteiger charge is 2.54. The fourth-order valence-electron chi connectivity index (χ4n) is 11.3. The van der Waals surface area contributed by atoms with Crippen LogP contribution in [0.3, 0.4) is 0 Å². The van der Waals surface area contributed by atoms with Crippen molar-refractivity contribution in [3.8, 4) is 5.75 Å². The van der Waals surface area contributed by atoms with Gasteiger partial charge in [-0.15, -0.1) is 0 Å². The SMILES string of the molecule is C[C@H]1[C@H]2Cc3ccc(O)cc3[C@@]1(CCN[C@H]1C[C@H]3CCC[C@@H](C1)N3CC[C@@H]1CC[C@H]3C[C@@H]1C3(C)C)CCN2C. The molecule has 0 amide bonds. The van der Waals surface area contributed by atoms with Crippen molar-refractivity contribution in [2.24, 2.45) is 29.1 Å². The zero-order chi connectivity index (χ0) is 26.9. The third-order valence-electron chi connectivity index (χ3n) is 13.9. The van der Waals surface area contributed by atoms with Crippen molar-refractivity contribution >= 4 is 0 Å². The fraction of sp³-hybridized carbons (Fsp3) is 0.829. The summed E-state index contributed by atoms with van der Waals surface area (Å²) in [6.45, 7) is 11.3. The summed E-state index contributed by atoms with van der Waals surface area (Å²) in [7, 11) is 2.32. The summed E-state index contributed by atoms with van der Waals surface area (Å²) in [5.74, 6) is 4.08. The molecule has 4 nitrogen and oxygen atoms in total. The van der Waals surface area contributed by atoms with Crippen LogP contribution in [0.1, 0.15) is 103 Å². The highest BCUT2D eigenvalue weighted by molar-refractivity contribution is 5.44. The average Bonchev–Trinajstić information content (AvgIpc) is 2.91. The van der Waals surface area contributed by atoms with Gasteiger partial charge in [-0.1, -0.05) is 33.3 Å². The molecule has 1 aromatic carbocycles. The average molecular weight is 534 g/mol. The number of likely N-dealkylation sites (tertiary alicyclic amines) is 1. The second-order valence-corrected chi connectivity index (χ2v) is 15.6. The lowest BCUT2D eigenvalue weighted by atomic mass is 9.45. The molecule has 7 aliphatic rings. The summed E-state index contributed by atoms with van der Waals surface area (Å²) < 4.78 is 0. The Morgan fingerprint density at radius 2 is 1.85 bits per heavy atom. The van der Waals surface area contributed by atoms with E-state index in [1.807, 2.05) is 6.07 Å². The lowest BCUT2D eigenvalue weighted by molar-refractivity contribution is -0.111. The number of hydrogen-bond acceptors (Lipinski definition) is 4. The molecule has 0 aromatic heterocycles. The van der Waals surface area contributed by atoms with Gasteiger partial charge in [0, 0.05) is 29.6 Å². The zero-order valence-corrected chi connectivity index (χ0v) is 25.3. The van der Waals surface area contributed by atoms with Crippen molar-refractivity contribution in [3.05, 3.63) is 29.3 Å². The molecule has 0 radical (unpaired) electrons. The van der Waals surface area contributed by atoms with E-state index >= 15 is 0 Å². The minimum Gasteiger partial charge on any atom is -0.508 e. The molecule has 4 heteroatoms. The third kappa shape index (κ3) is 4.41. The molecule has 3 saturated heterocycles. The summed E-state index contributed by atoms with van der Waals surface area (Å²) in [6, 6.07) is 9.14. The number of fused-ring (bicyclic) bond motifs is 8. The van der Waals surface area contributed by atoms with Crippen molar-refractivity contribution in [2.45, 2.75) is 127 Å². The second kappa shape index (κ2) is 10.0. The van der Waals surface area contributed by atoms with Crippen LogP contribution in [0.2, 0.25) is 0 Å². The van der Waals surface area contributed by atoms with Crippen LogP contribution in [-0.2, 0) is 11.8 Å². The number of benzene rings is 1. The van der Waals surface area contributed by atoms with E-state index in [0.717, 1.165) is 42.8 Å². The molecule has 9 atom stereocenters. The fourth-order valence-corrected chi connectivity index (χ4v) is 11.3. The van der Waals surface area contributed by atoms with Crippen molar-refractivity contribution in [3.63, 3.8) is 0 Å². The summed E-state index contributed by atoms with van der Waals surface area (Å²) in [5.41, 5.74) is 3.75. The van der Waals surface area contributed by atoms with Gasteiger partial charge in [0.2, 0.25) is 0 Å². The van der Waals surface area contributed by atoms with E-state index < -0.39 is 0 Å². The first-order chi connectivity index (χ1) is 18.8. The van der Waals surface area contributed by atoms with Crippen LogP contribution in [0.25, 0.3) is 0 Å². The van der Waals surface area contributed by atoms with Gasteiger partial charge in [0.1, 0.15) is 5.75 Å². The van der Waals surface area contributed by atoms with E-state index in [4.69, 9.17) is 0 Å². The van der Waals surface area contributed by atoms with Crippen LogP contribution in [0.5, 0.6) is 5.75 Å². The molecule has 216 valence electrons. The Bertz CT molecular complexity index is 1040. The van der Waals surface area contributed by atoms with Crippen LogP contribution in [0.15, 0.2) is 18.2 Å². The van der Waals surface area contributed by atoms with Crippen LogP contribution in [-0.4, -0.2) is 65.8 Å². The minimum absolute atomic E-state index is 0.196. The molecule has 6 bridgehead atoms. The molecule has 0 unspecified atom stereocenters. The van der Waals surface area contributed by atoms with E-state index in [-0.39, 0.29) is 5.41 Å². The number of nitrogens with one attached hydrogen (secondary N) is 1. The van der Waals surface area contributed by atoms with Crippen molar-refractivity contribution in [2.75, 3.05) is 26.7 Å². The van der Waals surface area contributed by atoms with E-state index in [1.165, 1.54) is 94.8 Å². The van der Waals surface area contributed by atoms with E-state index in [1.54, 1.807) is 0 Å².